The van der Waals surface area contributed by atoms with Gasteiger partial charge in [-0.15, -0.1) is 0 Å². The molecule has 0 spiro atoms. The van der Waals surface area contributed by atoms with E-state index in [1.807, 2.05) is 0 Å². The van der Waals surface area contributed by atoms with Crippen LogP contribution in [0.25, 0.3) is 0 Å². The molecule has 0 aliphatic rings. The molecule has 0 aliphatic carbocycles. The van der Waals surface area contributed by atoms with E-state index in [-0.39, 0.29) is 12.2 Å². The Morgan fingerprint density at radius 3 is 2.71 bits per heavy atom. The predicted octanol–water partition coefficient (Wildman–Crippen LogP) is 2.95. The lowest BCUT2D eigenvalue weighted by Crippen LogP contribution is -2.07. The van der Waals surface area contributed by atoms with Crippen molar-refractivity contribution in [1.82, 2.24) is 0 Å². The molecular weight excluding hydrogens is 283 g/mol. The minimum Gasteiger partial charge on any atom is -0.477 e. The van der Waals surface area contributed by atoms with Crippen LogP contribution < -0.4 is 5.32 Å². The van der Waals surface area contributed by atoms with Crippen molar-refractivity contribution in [3.63, 3.8) is 0 Å². The second-order valence-electron chi connectivity index (χ2n) is 4.28. The summed E-state index contributed by atoms with van der Waals surface area (Å²) < 4.78 is 19.0. The summed E-state index contributed by atoms with van der Waals surface area (Å²) in [5.74, 6) is -1.20. The summed E-state index contributed by atoms with van der Waals surface area (Å²) in [6.07, 6.45) is 0. The van der Waals surface area contributed by atoms with Crippen molar-refractivity contribution in [3.8, 4) is 0 Å². The second kappa shape index (κ2) is 5.61. The summed E-state index contributed by atoms with van der Waals surface area (Å²) in [7, 11) is 0. The molecule has 1 aromatic carbocycles. The number of anilines is 1. The maximum absolute atomic E-state index is 13.8. The monoisotopic (exact) mass is 294 g/mol. The highest BCUT2D eigenvalue weighted by atomic mass is 19.1. The van der Waals surface area contributed by atoms with Gasteiger partial charge in [0.1, 0.15) is 17.1 Å². The van der Waals surface area contributed by atoms with Gasteiger partial charge in [0.2, 0.25) is 0 Å². The molecule has 0 bridgehead atoms. The Kier molecular flexibility index (Phi) is 3.88. The molecule has 1 heterocycles. The van der Waals surface area contributed by atoms with Crippen LogP contribution in [0.1, 0.15) is 21.9 Å². The number of carbonyl (C=O) groups is 1. The molecule has 2 aromatic rings. The largest absolute Gasteiger partial charge is 0.477 e. The lowest BCUT2D eigenvalue weighted by Gasteiger charge is -2.07. The minimum atomic E-state index is -1.50. The zero-order valence-corrected chi connectivity index (χ0v) is 10.9. The van der Waals surface area contributed by atoms with E-state index in [1.165, 1.54) is 0 Å². The number of hydrogen-bond donors (Lipinski definition) is 2. The molecule has 21 heavy (non-hydrogen) atoms. The SMILES string of the molecule is Cc1ccc(CNc2cc(C(=O)O)c([N+](=O)[O-])cc2F)o1. The molecule has 0 unspecified atom stereocenters. The van der Waals surface area contributed by atoms with Gasteiger partial charge in [0.15, 0.2) is 5.82 Å². The highest BCUT2D eigenvalue weighted by Crippen LogP contribution is 2.26. The summed E-state index contributed by atoms with van der Waals surface area (Å²) in [5.41, 5.74) is -1.52. The summed E-state index contributed by atoms with van der Waals surface area (Å²) in [5, 5.41) is 22.3. The van der Waals surface area contributed by atoms with Gasteiger partial charge in [-0.2, -0.15) is 0 Å². The first-order valence-electron chi connectivity index (χ1n) is 5.89. The Labute approximate surface area is 118 Å². The zero-order valence-electron chi connectivity index (χ0n) is 10.9. The second-order valence-corrected chi connectivity index (χ2v) is 4.28. The van der Waals surface area contributed by atoms with Gasteiger partial charge in [-0.1, -0.05) is 0 Å². The summed E-state index contributed by atoms with van der Waals surface area (Å²) in [6.45, 7) is 1.88. The van der Waals surface area contributed by atoms with Crippen molar-refractivity contribution in [1.29, 1.82) is 0 Å². The van der Waals surface area contributed by atoms with Crippen LogP contribution in [0.2, 0.25) is 0 Å². The summed E-state index contributed by atoms with van der Waals surface area (Å²) >= 11 is 0. The average Bonchev–Trinajstić information content (AvgIpc) is 2.82. The van der Waals surface area contributed by atoms with Gasteiger partial charge in [0.25, 0.3) is 5.69 Å². The van der Waals surface area contributed by atoms with Crippen molar-refractivity contribution in [2.24, 2.45) is 0 Å². The Balaban J connectivity index is 2.29. The van der Waals surface area contributed by atoms with Crippen LogP contribution in [0.5, 0.6) is 0 Å². The highest BCUT2D eigenvalue weighted by Gasteiger charge is 2.23. The van der Waals surface area contributed by atoms with Crippen LogP contribution in [0, 0.1) is 22.9 Å². The number of benzene rings is 1. The molecule has 0 saturated heterocycles. The lowest BCUT2D eigenvalue weighted by atomic mass is 10.1. The molecule has 110 valence electrons. The molecule has 0 amide bonds. The van der Waals surface area contributed by atoms with Gasteiger partial charge in [-0.05, 0) is 25.1 Å². The van der Waals surface area contributed by atoms with Crippen molar-refractivity contribution in [3.05, 3.63) is 57.3 Å². The number of furan rings is 1. The number of hydrogen-bond acceptors (Lipinski definition) is 5. The van der Waals surface area contributed by atoms with Crippen molar-refractivity contribution in [2.75, 3.05) is 5.32 Å². The third-order valence-electron chi connectivity index (χ3n) is 2.76. The molecule has 0 saturated carbocycles. The fourth-order valence-electron chi connectivity index (χ4n) is 1.78. The number of nitro benzene ring substituents is 1. The van der Waals surface area contributed by atoms with E-state index in [0.717, 1.165) is 6.07 Å². The number of nitrogens with one attached hydrogen (secondary N) is 1. The van der Waals surface area contributed by atoms with Gasteiger partial charge >= 0.3 is 5.97 Å². The number of nitrogens with zero attached hydrogens (tertiary/aromatic N) is 1. The topological polar surface area (TPSA) is 106 Å². The zero-order chi connectivity index (χ0) is 15.6. The first-order valence-corrected chi connectivity index (χ1v) is 5.89. The van der Waals surface area contributed by atoms with Gasteiger partial charge in [-0.25, -0.2) is 9.18 Å². The standard InChI is InChI=1S/C13H11FN2O5/c1-7-2-3-8(21-7)6-15-11-4-9(13(17)18)12(16(19)20)5-10(11)14/h2-5,15H,6H2,1H3,(H,17,18). The first-order chi connectivity index (χ1) is 9.88. The molecule has 8 heteroatoms. The van der Waals surface area contributed by atoms with Crippen LogP contribution in [-0.4, -0.2) is 16.0 Å². The van der Waals surface area contributed by atoms with Gasteiger partial charge in [0, 0.05) is 0 Å². The van der Waals surface area contributed by atoms with Gasteiger partial charge in [0.05, 0.1) is 23.2 Å². The molecule has 0 atom stereocenters. The Hall–Kier alpha value is -2.90. The normalized spacial score (nSPS) is 10.4. The first kappa shape index (κ1) is 14.5. The number of carboxylic acids is 1. The molecule has 0 radical (unpaired) electrons. The van der Waals surface area contributed by atoms with E-state index in [4.69, 9.17) is 9.52 Å². The predicted molar refractivity (Wildman–Crippen MR) is 70.8 cm³/mol. The van der Waals surface area contributed by atoms with Crippen molar-refractivity contribution in [2.45, 2.75) is 13.5 Å². The maximum Gasteiger partial charge on any atom is 0.342 e. The fourth-order valence-corrected chi connectivity index (χ4v) is 1.78. The number of aryl methyl sites for hydroxylation is 1. The van der Waals surface area contributed by atoms with E-state index < -0.39 is 28.0 Å². The number of rotatable bonds is 5. The third-order valence-corrected chi connectivity index (χ3v) is 2.76. The van der Waals surface area contributed by atoms with Crippen LogP contribution in [-0.2, 0) is 6.54 Å². The Morgan fingerprint density at radius 2 is 2.19 bits per heavy atom. The number of aromatic carboxylic acids is 1. The molecule has 0 aliphatic heterocycles. The van der Waals surface area contributed by atoms with Crippen molar-refractivity contribution < 1.29 is 23.6 Å². The smallest absolute Gasteiger partial charge is 0.342 e. The molecule has 2 N–H and O–H groups in total. The Bertz CT molecular complexity index is 711. The number of nitro groups is 1. The van der Waals surface area contributed by atoms with Crippen LogP contribution >= 0.6 is 0 Å². The molecule has 7 nitrogen and oxygen atoms in total. The van der Waals surface area contributed by atoms with Crippen LogP contribution in [0.3, 0.4) is 0 Å². The molecular formula is C13H11FN2O5. The van der Waals surface area contributed by atoms with Crippen molar-refractivity contribution >= 4 is 17.3 Å². The van der Waals surface area contributed by atoms with Gasteiger partial charge in [-0.3, -0.25) is 10.1 Å². The van der Waals surface area contributed by atoms with Gasteiger partial charge < -0.3 is 14.8 Å². The van der Waals surface area contributed by atoms with E-state index in [0.29, 0.717) is 17.6 Å². The van der Waals surface area contributed by atoms with Crippen LogP contribution in [0.15, 0.2) is 28.7 Å². The van der Waals surface area contributed by atoms with E-state index in [9.17, 15) is 19.3 Å². The Morgan fingerprint density at radius 1 is 1.48 bits per heavy atom. The van der Waals surface area contributed by atoms with E-state index in [2.05, 4.69) is 5.32 Å². The van der Waals surface area contributed by atoms with E-state index in [1.54, 1.807) is 19.1 Å². The quantitative estimate of drug-likeness (QED) is 0.648. The van der Waals surface area contributed by atoms with Crippen LogP contribution in [0.4, 0.5) is 15.8 Å². The third kappa shape index (κ3) is 3.16. The fraction of sp³-hybridized carbons (Fsp3) is 0.154. The summed E-state index contributed by atoms with van der Waals surface area (Å²) in [4.78, 5) is 20.8. The maximum atomic E-state index is 13.8. The number of halogens is 1. The highest BCUT2D eigenvalue weighted by molar-refractivity contribution is 5.93. The van der Waals surface area contributed by atoms with E-state index >= 15 is 0 Å². The molecule has 0 fully saturated rings. The molecule has 1 aromatic heterocycles. The lowest BCUT2D eigenvalue weighted by molar-refractivity contribution is -0.385. The number of carboxylic acid groups (broad SMARTS) is 1. The molecule has 2 rings (SSSR count). The average molecular weight is 294 g/mol. The minimum absolute atomic E-state index is 0.127. The summed E-state index contributed by atoms with van der Waals surface area (Å²) in [6, 6.07) is 4.89.